The van der Waals surface area contributed by atoms with Gasteiger partial charge in [0, 0.05) is 4.47 Å². The van der Waals surface area contributed by atoms with Crippen LogP contribution < -0.4 is 0 Å². The molecule has 1 fully saturated rings. The van der Waals surface area contributed by atoms with Crippen LogP contribution in [-0.2, 0) is 10.3 Å². The van der Waals surface area contributed by atoms with Gasteiger partial charge in [-0.05, 0) is 18.2 Å². The van der Waals surface area contributed by atoms with Gasteiger partial charge in [0.2, 0.25) is 0 Å². The summed E-state index contributed by atoms with van der Waals surface area (Å²) in [6.07, 6.45) is -1.13. The lowest BCUT2D eigenvalue weighted by atomic mass is 9.68. The standard InChI is InChI=1S/C13H10BrF2NO2/c1-17-12(6-13(15,16)7-12)10-5-8(14)3-4-9(10)11(18)19-2/h3-5H,6-7H2,2H3. The van der Waals surface area contributed by atoms with Crippen LogP contribution in [0, 0.1) is 6.57 Å². The zero-order chi connectivity index (χ0) is 14.3. The van der Waals surface area contributed by atoms with E-state index in [9.17, 15) is 13.6 Å². The predicted octanol–water partition coefficient (Wildman–Crippen LogP) is 3.78. The molecule has 0 atom stereocenters. The Bertz CT molecular complexity index is 572. The van der Waals surface area contributed by atoms with Crippen LogP contribution in [0.5, 0.6) is 0 Å². The molecule has 100 valence electrons. The monoisotopic (exact) mass is 329 g/mol. The van der Waals surface area contributed by atoms with E-state index in [1.54, 1.807) is 12.1 Å². The molecule has 0 heterocycles. The maximum atomic E-state index is 13.1. The fraction of sp³-hybridized carbons (Fsp3) is 0.385. The topological polar surface area (TPSA) is 30.7 Å². The minimum absolute atomic E-state index is 0.164. The largest absolute Gasteiger partial charge is 0.465 e. The van der Waals surface area contributed by atoms with Gasteiger partial charge >= 0.3 is 5.97 Å². The summed E-state index contributed by atoms with van der Waals surface area (Å²) in [4.78, 5) is 15.0. The van der Waals surface area contributed by atoms with Gasteiger partial charge in [0.15, 0.2) is 0 Å². The Hall–Kier alpha value is -1.48. The second-order valence-electron chi connectivity index (χ2n) is 4.53. The molecular formula is C13H10BrF2NO2. The highest BCUT2D eigenvalue weighted by atomic mass is 79.9. The molecule has 6 heteroatoms. The van der Waals surface area contributed by atoms with Crippen molar-refractivity contribution in [1.82, 2.24) is 0 Å². The Labute approximate surface area is 117 Å². The van der Waals surface area contributed by atoms with Crippen LogP contribution in [-0.4, -0.2) is 19.0 Å². The molecule has 1 aromatic carbocycles. The number of ether oxygens (including phenoxy) is 1. The van der Waals surface area contributed by atoms with Crippen LogP contribution in [0.2, 0.25) is 0 Å². The van der Waals surface area contributed by atoms with Gasteiger partial charge in [0.25, 0.3) is 11.5 Å². The van der Waals surface area contributed by atoms with Crippen LogP contribution in [0.15, 0.2) is 22.7 Å². The van der Waals surface area contributed by atoms with Crippen molar-refractivity contribution in [2.45, 2.75) is 24.3 Å². The fourth-order valence-corrected chi connectivity index (χ4v) is 2.68. The molecule has 2 rings (SSSR count). The van der Waals surface area contributed by atoms with Crippen molar-refractivity contribution in [2.24, 2.45) is 0 Å². The summed E-state index contributed by atoms with van der Waals surface area (Å²) < 4.78 is 31.6. The number of rotatable bonds is 2. The summed E-state index contributed by atoms with van der Waals surface area (Å²) in [5.41, 5.74) is -0.872. The molecule has 0 aliphatic heterocycles. The van der Waals surface area contributed by atoms with E-state index in [4.69, 9.17) is 6.57 Å². The first-order valence-corrected chi connectivity index (χ1v) is 6.28. The number of alkyl halides is 2. The molecular weight excluding hydrogens is 320 g/mol. The molecule has 0 unspecified atom stereocenters. The Kier molecular flexibility index (Phi) is 3.35. The smallest absolute Gasteiger partial charge is 0.338 e. The molecule has 0 amide bonds. The van der Waals surface area contributed by atoms with E-state index < -0.39 is 30.3 Å². The van der Waals surface area contributed by atoms with Crippen molar-refractivity contribution in [3.8, 4) is 0 Å². The lowest BCUT2D eigenvalue weighted by molar-refractivity contribution is -0.112. The molecule has 0 radical (unpaired) electrons. The summed E-state index contributed by atoms with van der Waals surface area (Å²) in [5, 5.41) is 0. The number of halogens is 3. The summed E-state index contributed by atoms with van der Waals surface area (Å²) in [5.74, 6) is -3.47. The van der Waals surface area contributed by atoms with E-state index in [1.165, 1.54) is 13.2 Å². The Balaban J connectivity index is 2.53. The van der Waals surface area contributed by atoms with Crippen LogP contribution in [0.3, 0.4) is 0 Å². The fourth-order valence-electron chi connectivity index (χ4n) is 2.32. The van der Waals surface area contributed by atoms with Crippen LogP contribution in [0.4, 0.5) is 8.78 Å². The lowest BCUT2D eigenvalue weighted by Gasteiger charge is -2.38. The summed E-state index contributed by atoms with van der Waals surface area (Å²) in [7, 11) is 1.22. The maximum absolute atomic E-state index is 13.1. The number of methoxy groups -OCH3 is 1. The molecule has 19 heavy (non-hydrogen) atoms. The number of benzene rings is 1. The van der Waals surface area contributed by atoms with Crippen molar-refractivity contribution in [3.05, 3.63) is 45.2 Å². The first kappa shape index (κ1) is 13.9. The van der Waals surface area contributed by atoms with E-state index in [-0.39, 0.29) is 5.56 Å². The first-order chi connectivity index (χ1) is 8.83. The van der Waals surface area contributed by atoms with Gasteiger partial charge in [-0.2, -0.15) is 0 Å². The number of hydrogen-bond donors (Lipinski definition) is 0. The van der Waals surface area contributed by atoms with Crippen molar-refractivity contribution >= 4 is 21.9 Å². The average Bonchev–Trinajstić information content (AvgIpc) is 2.34. The molecule has 0 bridgehead atoms. The first-order valence-electron chi connectivity index (χ1n) is 5.48. The van der Waals surface area contributed by atoms with Gasteiger partial charge in [-0.25, -0.2) is 20.1 Å². The molecule has 3 nitrogen and oxygen atoms in total. The molecule has 0 saturated heterocycles. The van der Waals surface area contributed by atoms with Gasteiger partial charge < -0.3 is 9.58 Å². The zero-order valence-electron chi connectivity index (χ0n) is 10.0. The van der Waals surface area contributed by atoms with Gasteiger partial charge in [-0.15, -0.1) is 0 Å². The minimum atomic E-state index is -2.85. The minimum Gasteiger partial charge on any atom is -0.465 e. The summed E-state index contributed by atoms with van der Waals surface area (Å²) in [6.45, 7) is 7.21. The highest BCUT2D eigenvalue weighted by Crippen LogP contribution is 2.55. The van der Waals surface area contributed by atoms with E-state index in [1.807, 2.05) is 0 Å². The molecule has 0 aromatic heterocycles. The van der Waals surface area contributed by atoms with E-state index in [0.717, 1.165) is 0 Å². The van der Waals surface area contributed by atoms with Crippen LogP contribution in [0.25, 0.3) is 4.85 Å². The van der Waals surface area contributed by atoms with Gasteiger partial charge in [-0.1, -0.05) is 15.9 Å². The Morgan fingerprint density at radius 3 is 2.58 bits per heavy atom. The SMILES string of the molecule is [C-]#[N+]C1(c2cc(Br)ccc2C(=O)OC)CC(F)(F)C1. The molecule has 1 aliphatic carbocycles. The number of nitrogens with zero attached hydrogens (tertiary/aromatic N) is 1. The third-order valence-corrected chi connectivity index (χ3v) is 3.70. The van der Waals surface area contributed by atoms with Crippen molar-refractivity contribution in [1.29, 1.82) is 0 Å². The summed E-state index contributed by atoms with van der Waals surface area (Å²) in [6, 6.07) is 4.64. The molecule has 1 aromatic rings. The number of esters is 1. The average molecular weight is 330 g/mol. The molecule has 1 saturated carbocycles. The Morgan fingerprint density at radius 1 is 1.47 bits per heavy atom. The quantitative estimate of drug-likeness (QED) is 0.610. The van der Waals surface area contributed by atoms with E-state index >= 15 is 0 Å². The molecule has 1 aliphatic rings. The third kappa shape index (κ3) is 2.35. The number of hydrogen-bond acceptors (Lipinski definition) is 2. The highest BCUT2D eigenvalue weighted by molar-refractivity contribution is 9.10. The highest BCUT2D eigenvalue weighted by Gasteiger charge is 2.64. The van der Waals surface area contributed by atoms with Crippen molar-refractivity contribution in [3.63, 3.8) is 0 Å². The predicted molar refractivity (Wildman–Crippen MR) is 67.9 cm³/mol. The normalized spacial score (nSPS) is 19.1. The second kappa shape index (κ2) is 4.57. The molecule has 0 N–H and O–H groups in total. The van der Waals surface area contributed by atoms with Crippen LogP contribution in [0.1, 0.15) is 28.8 Å². The third-order valence-electron chi connectivity index (χ3n) is 3.20. The van der Waals surface area contributed by atoms with E-state index in [0.29, 0.717) is 10.0 Å². The van der Waals surface area contributed by atoms with Crippen LogP contribution >= 0.6 is 15.9 Å². The summed E-state index contributed by atoms with van der Waals surface area (Å²) >= 11 is 3.23. The number of carbonyl (C=O) groups is 1. The van der Waals surface area contributed by atoms with Crippen molar-refractivity contribution in [2.75, 3.05) is 7.11 Å². The number of carbonyl (C=O) groups excluding carboxylic acids is 1. The second-order valence-corrected chi connectivity index (χ2v) is 5.45. The van der Waals surface area contributed by atoms with Gasteiger partial charge in [0.05, 0.1) is 31.1 Å². The zero-order valence-corrected chi connectivity index (χ0v) is 11.6. The van der Waals surface area contributed by atoms with E-state index in [2.05, 4.69) is 25.5 Å². The van der Waals surface area contributed by atoms with Gasteiger partial charge in [-0.3, -0.25) is 0 Å². The molecule has 0 spiro atoms. The van der Waals surface area contributed by atoms with Gasteiger partial charge in [0.1, 0.15) is 0 Å². The lowest BCUT2D eigenvalue weighted by Crippen LogP contribution is -2.47. The maximum Gasteiger partial charge on any atom is 0.338 e. The Morgan fingerprint density at radius 2 is 2.11 bits per heavy atom. The van der Waals surface area contributed by atoms with Crippen molar-refractivity contribution < 1.29 is 18.3 Å².